The molecule has 0 saturated carbocycles. The molecule has 0 amide bonds. The molecular formula is C21H16BrFN4O3. The minimum Gasteiger partial charge on any atom is -0.473 e. The summed E-state index contributed by atoms with van der Waals surface area (Å²) < 4.78 is 26.9. The van der Waals surface area contributed by atoms with E-state index in [1.807, 2.05) is 11.9 Å². The molecule has 1 aliphatic rings. The molecule has 2 aromatic carbocycles. The van der Waals surface area contributed by atoms with Gasteiger partial charge in [0.05, 0.1) is 10.0 Å². The minimum atomic E-state index is -0.459. The van der Waals surface area contributed by atoms with E-state index < -0.39 is 5.82 Å². The fourth-order valence-corrected chi connectivity index (χ4v) is 3.35. The number of likely N-dealkylation sites (N-methyl/N-ethyl adjacent to an activating group) is 1. The molecule has 0 bridgehead atoms. The van der Waals surface area contributed by atoms with E-state index >= 15 is 0 Å². The first-order chi connectivity index (χ1) is 14.4. The Bertz CT molecular complexity index is 1220. The number of hydrogen-bond donors (Lipinski definition) is 0. The summed E-state index contributed by atoms with van der Waals surface area (Å²) in [5, 5.41) is 9.46. The summed E-state index contributed by atoms with van der Waals surface area (Å²) in [7, 11) is 1.90. The molecule has 2 heterocycles. The van der Waals surface area contributed by atoms with Crippen LogP contribution in [0.4, 0.5) is 10.2 Å². The fourth-order valence-electron chi connectivity index (χ4n) is 3.11. The van der Waals surface area contributed by atoms with Crippen molar-refractivity contribution in [3.8, 4) is 23.4 Å². The smallest absolute Gasteiger partial charge is 0.352 e. The second kappa shape index (κ2) is 8.16. The summed E-state index contributed by atoms with van der Waals surface area (Å²) >= 11 is 3.09. The van der Waals surface area contributed by atoms with Crippen LogP contribution in [0.25, 0.3) is 0 Å². The molecule has 0 spiro atoms. The molecule has 0 aliphatic carbocycles. The lowest BCUT2D eigenvalue weighted by molar-refractivity contribution is 0.291. The van der Waals surface area contributed by atoms with Crippen LogP contribution in [0.1, 0.15) is 11.1 Å². The molecule has 30 heavy (non-hydrogen) atoms. The van der Waals surface area contributed by atoms with Crippen LogP contribution in [0.2, 0.25) is 0 Å². The first-order valence-electron chi connectivity index (χ1n) is 9.06. The summed E-state index contributed by atoms with van der Waals surface area (Å²) in [6, 6.07) is 13.1. The molecule has 9 heteroatoms. The van der Waals surface area contributed by atoms with E-state index in [0.717, 1.165) is 12.4 Å². The Kier molecular flexibility index (Phi) is 5.42. The van der Waals surface area contributed by atoms with Crippen molar-refractivity contribution >= 4 is 21.7 Å². The third-order valence-corrected chi connectivity index (χ3v) is 5.33. The zero-order valence-corrected chi connectivity index (χ0v) is 17.5. The SMILES string of the molecule is CN1CCn2c1cc(OCc1ccc(Oc3ccc(Br)c(F)c3)c(C#N)c1)nc2=O. The summed E-state index contributed by atoms with van der Waals surface area (Å²) in [5.74, 6) is 1.11. The molecule has 1 aromatic heterocycles. The number of nitriles is 1. The predicted molar refractivity (Wildman–Crippen MR) is 111 cm³/mol. The van der Waals surface area contributed by atoms with Gasteiger partial charge in [0.15, 0.2) is 0 Å². The quantitative estimate of drug-likeness (QED) is 0.563. The molecule has 4 rings (SSSR count). The second-order valence-electron chi connectivity index (χ2n) is 6.72. The Morgan fingerprint density at radius 3 is 2.83 bits per heavy atom. The molecule has 0 fully saturated rings. The van der Waals surface area contributed by atoms with Crippen molar-refractivity contribution in [3.63, 3.8) is 0 Å². The largest absolute Gasteiger partial charge is 0.473 e. The standard InChI is InChI=1S/C21H16BrFN4O3/c1-26-6-7-27-20(26)10-19(25-21(27)28)29-12-13-2-5-18(14(8-13)11-24)30-15-3-4-16(22)17(23)9-15/h2-5,8-10H,6-7,12H2,1H3. The number of aromatic nitrogens is 2. The minimum absolute atomic E-state index is 0.126. The second-order valence-corrected chi connectivity index (χ2v) is 7.57. The van der Waals surface area contributed by atoms with Gasteiger partial charge in [-0.15, -0.1) is 0 Å². The Labute approximate surface area is 180 Å². The lowest BCUT2D eigenvalue weighted by Gasteiger charge is -2.13. The molecule has 7 nitrogen and oxygen atoms in total. The van der Waals surface area contributed by atoms with Crippen molar-refractivity contribution in [2.24, 2.45) is 0 Å². The van der Waals surface area contributed by atoms with E-state index in [0.29, 0.717) is 22.3 Å². The van der Waals surface area contributed by atoms with Crippen molar-refractivity contribution < 1.29 is 13.9 Å². The van der Waals surface area contributed by atoms with Crippen molar-refractivity contribution in [1.82, 2.24) is 9.55 Å². The molecule has 3 aromatic rings. The summed E-state index contributed by atoms with van der Waals surface area (Å²) in [4.78, 5) is 18.0. The number of ether oxygens (including phenoxy) is 2. The van der Waals surface area contributed by atoms with Crippen LogP contribution in [0.5, 0.6) is 17.4 Å². The normalized spacial score (nSPS) is 12.4. The molecule has 0 saturated heterocycles. The summed E-state index contributed by atoms with van der Waals surface area (Å²) in [6.45, 7) is 1.48. The number of anilines is 1. The maximum Gasteiger partial charge on any atom is 0.352 e. The van der Waals surface area contributed by atoms with Gasteiger partial charge in [-0.1, -0.05) is 6.07 Å². The Morgan fingerprint density at radius 1 is 1.23 bits per heavy atom. The highest BCUT2D eigenvalue weighted by molar-refractivity contribution is 9.10. The van der Waals surface area contributed by atoms with Crippen LogP contribution in [0, 0.1) is 17.1 Å². The number of hydrogen-bond acceptors (Lipinski definition) is 6. The van der Waals surface area contributed by atoms with Crippen LogP contribution in [0.15, 0.2) is 51.7 Å². The average molecular weight is 471 g/mol. The number of benzene rings is 2. The Balaban J connectivity index is 1.50. The van der Waals surface area contributed by atoms with Gasteiger partial charge in [-0.3, -0.25) is 4.57 Å². The van der Waals surface area contributed by atoms with E-state index in [-0.39, 0.29) is 29.5 Å². The fraction of sp³-hybridized carbons (Fsp3) is 0.190. The lowest BCUT2D eigenvalue weighted by atomic mass is 10.1. The molecule has 0 N–H and O–H groups in total. The van der Waals surface area contributed by atoms with E-state index in [9.17, 15) is 14.4 Å². The van der Waals surface area contributed by atoms with Crippen LogP contribution in [0.3, 0.4) is 0 Å². The van der Waals surface area contributed by atoms with Gasteiger partial charge in [-0.25, -0.2) is 9.18 Å². The van der Waals surface area contributed by atoms with Gasteiger partial charge >= 0.3 is 5.69 Å². The summed E-state index contributed by atoms with van der Waals surface area (Å²) in [5.41, 5.74) is 0.632. The van der Waals surface area contributed by atoms with Crippen molar-refractivity contribution in [3.05, 3.63) is 74.4 Å². The molecule has 0 atom stereocenters. The summed E-state index contributed by atoms with van der Waals surface area (Å²) in [6.07, 6.45) is 0. The highest BCUT2D eigenvalue weighted by Crippen LogP contribution is 2.29. The number of halogens is 2. The van der Waals surface area contributed by atoms with Crippen molar-refractivity contribution in [1.29, 1.82) is 5.26 Å². The molecular weight excluding hydrogens is 455 g/mol. The van der Waals surface area contributed by atoms with E-state index in [4.69, 9.17) is 9.47 Å². The van der Waals surface area contributed by atoms with Crippen LogP contribution < -0.4 is 20.1 Å². The van der Waals surface area contributed by atoms with Crippen molar-refractivity contribution in [2.45, 2.75) is 13.2 Å². The van der Waals surface area contributed by atoms with E-state index in [2.05, 4.69) is 27.0 Å². The maximum absolute atomic E-state index is 13.7. The van der Waals surface area contributed by atoms with Gasteiger partial charge in [0.25, 0.3) is 0 Å². The highest BCUT2D eigenvalue weighted by Gasteiger charge is 2.19. The Morgan fingerprint density at radius 2 is 2.07 bits per heavy atom. The molecule has 0 radical (unpaired) electrons. The van der Waals surface area contributed by atoms with Gasteiger partial charge in [0.2, 0.25) is 5.88 Å². The average Bonchev–Trinajstić information content (AvgIpc) is 3.11. The first kappa shape index (κ1) is 19.9. The number of nitrogens with zero attached hydrogens (tertiary/aromatic N) is 4. The third-order valence-electron chi connectivity index (χ3n) is 4.69. The van der Waals surface area contributed by atoms with Gasteiger partial charge in [0, 0.05) is 32.3 Å². The molecule has 152 valence electrons. The topological polar surface area (TPSA) is 80.4 Å². The van der Waals surface area contributed by atoms with E-state index in [1.165, 1.54) is 12.1 Å². The number of rotatable bonds is 5. The zero-order valence-electron chi connectivity index (χ0n) is 15.9. The van der Waals surface area contributed by atoms with Gasteiger partial charge < -0.3 is 14.4 Å². The first-order valence-corrected chi connectivity index (χ1v) is 9.85. The maximum atomic E-state index is 13.7. The van der Waals surface area contributed by atoms with Crippen LogP contribution in [-0.4, -0.2) is 23.1 Å². The number of fused-ring (bicyclic) bond motifs is 1. The highest BCUT2D eigenvalue weighted by atomic mass is 79.9. The van der Waals surface area contributed by atoms with Gasteiger partial charge in [0.1, 0.15) is 35.8 Å². The molecule has 1 aliphatic heterocycles. The Hall–Kier alpha value is -3.38. The third kappa shape index (κ3) is 4.00. The zero-order chi connectivity index (χ0) is 21.3. The lowest BCUT2D eigenvalue weighted by Crippen LogP contribution is -2.22. The monoisotopic (exact) mass is 470 g/mol. The van der Waals surface area contributed by atoms with Gasteiger partial charge in [-0.05, 0) is 45.8 Å². The van der Waals surface area contributed by atoms with Gasteiger partial charge in [-0.2, -0.15) is 10.2 Å². The van der Waals surface area contributed by atoms with Crippen molar-refractivity contribution in [2.75, 3.05) is 18.5 Å². The van der Waals surface area contributed by atoms with E-state index in [1.54, 1.807) is 34.9 Å². The predicted octanol–water partition coefficient (Wildman–Crippen LogP) is 3.84. The molecule has 0 unspecified atom stereocenters. The van der Waals surface area contributed by atoms with Crippen LogP contribution >= 0.6 is 15.9 Å². The van der Waals surface area contributed by atoms with Crippen LogP contribution in [-0.2, 0) is 13.2 Å².